The van der Waals surface area contributed by atoms with Gasteiger partial charge in [0.2, 0.25) is 0 Å². The summed E-state index contributed by atoms with van der Waals surface area (Å²) in [6.45, 7) is 2.39. The molecule has 1 aromatic carbocycles. The average Bonchev–Trinajstić information content (AvgIpc) is 2.05. The van der Waals surface area contributed by atoms with Crippen LogP contribution in [-0.2, 0) is 0 Å². The van der Waals surface area contributed by atoms with Crippen molar-refractivity contribution in [2.24, 2.45) is 5.73 Å². The Labute approximate surface area is 72.4 Å². The molecule has 12 heavy (non-hydrogen) atoms. The summed E-state index contributed by atoms with van der Waals surface area (Å²) in [7, 11) is 0. The van der Waals surface area contributed by atoms with Crippen LogP contribution in [0.25, 0.3) is 0 Å². The highest BCUT2D eigenvalue weighted by Gasteiger charge is 2.02. The number of hydrogen-bond donors (Lipinski definition) is 1. The number of hydrogen-bond acceptors (Lipinski definition) is 2. The second-order valence-corrected chi connectivity index (χ2v) is 2.83. The molecule has 2 nitrogen and oxygen atoms in total. The standard InChI is InChI=1S/C10H13NO/c1-8-3-2-4-9(7-8)10(12)5-6-11/h2-4,7H,5-6,11H2,1H3. The molecule has 0 spiro atoms. The minimum atomic E-state index is 0.126. The predicted molar refractivity (Wildman–Crippen MR) is 49.2 cm³/mol. The zero-order valence-corrected chi connectivity index (χ0v) is 7.21. The van der Waals surface area contributed by atoms with Gasteiger partial charge in [0.25, 0.3) is 0 Å². The normalized spacial score (nSPS) is 9.83. The SMILES string of the molecule is Cc1cccc(C(=O)CCN)c1. The van der Waals surface area contributed by atoms with Crippen LogP contribution >= 0.6 is 0 Å². The Morgan fingerprint density at radius 2 is 2.25 bits per heavy atom. The Bertz CT molecular complexity index is 281. The molecule has 0 unspecified atom stereocenters. The van der Waals surface area contributed by atoms with Gasteiger partial charge in [-0.25, -0.2) is 0 Å². The van der Waals surface area contributed by atoms with Crippen LogP contribution < -0.4 is 5.73 Å². The van der Waals surface area contributed by atoms with Crippen molar-refractivity contribution in [3.8, 4) is 0 Å². The van der Waals surface area contributed by atoms with Crippen LogP contribution in [0, 0.1) is 6.92 Å². The van der Waals surface area contributed by atoms with E-state index >= 15 is 0 Å². The Morgan fingerprint density at radius 1 is 1.50 bits per heavy atom. The van der Waals surface area contributed by atoms with Gasteiger partial charge in [0, 0.05) is 12.0 Å². The van der Waals surface area contributed by atoms with Crippen molar-refractivity contribution in [2.45, 2.75) is 13.3 Å². The number of carbonyl (C=O) groups excluding carboxylic acids is 1. The number of Topliss-reactive ketones (excluding diaryl/α,β-unsaturated/α-hetero) is 1. The first-order valence-electron chi connectivity index (χ1n) is 4.04. The first-order chi connectivity index (χ1) is 5.74. The number of ketones is 1. The molecule has 2 N–H and O–H groups in total. The van der Waals surface area contributed by atoms with Crippen molar-refractivity contribution in [1.82, 2.24) is 0 Å². The highest BCUT2D eigenvalue weighted by molar-refractivity contribution is 5.96. The summed E-state index contributed by atoms with van der Waals surface area (Å²) < 4.78 is 0. The first-order valence-corrected chi connectivity index (χ1v) is 4.04. The summed E-state index contributed by atoms with van der Waals surface area (Å²) in [5.41, 5.74) is 7.16. The highest BCUT2D eigenvalue weighted by atomic mass is 16.1. The lowest BCUT2D eigenvalue weighted by molar-refractivity contribution is 0.0985. The molecule has 0 aliphatic carbocycles. The van der Waals surface area contributed by atoms with E-state index in [-0.39, 0.29) is 5.78 Å². The number of aryl methyl sites for hydroxylation is 1. The fraction of sp³-hybridized carbons (Fsp3) is 0.300. The molecule has 0 aliphatic heterocycles. The van der Waals surface area contributed by atoms with E-state index in [1.165, 1.54) is 0 Å². The van der Waals surface area contributed by atoms with Crippen LogP contribution in [-0.4, -0.2) is 12.3 Å². The van der Waals surface area contributed by atoms with E-state index in [1.54, 1.807) is 0 Å². The summed E-state index contributed by atoms with van der Waals surface area (Å²) in [4.78, 5) is 11.3. The topological polar surface area (TPSA) is 43.1 Å². The van der Waals surface area contributed by atoms with E-state index in [2.05, 4.69) is 0 Å². The Kier molecular flexibility index (Phi) is 3.00. The van der Waals surface area contributed by atoms with Gasteiger partial charge in [-0.2, -0.15) is 0 Å². The molecule has 0 atom stereocenters. The van der Waals surface area contributed by atoms with Gasteiger partial charge in [-0.15, -0.1) is 0 Å². The summed E-state index contributed by atoms with van der Waals surface area (Å²) in [6.07, 6.45) is 0.434. The van der Waals surface area contributed by atoms with Crippen molar-refractivity contribution in [3.05, 3.63) is 35.4 Å². The molecule has 0 saturated carbocycles. The van der Waals surface area contributed by atoms with Gasteiger partial charge in [0.1, 0.15) is 0 Å². The van der Waals surface area contributed by atoms with Crippen LogP contribution in [0.4, 0.5) is 0 Å². The van der Waals surface area contributed by atoms with Crippen molar-refractivity contribution < 1.29 is 4.79 Å². The smallest absolute Gasteiger partial charge is 0.164 e. The largest absolute Gasteiger partial charge is 0.330 e. The van der Waals surface area contributed by atoms with Crippen molar-refractivity contribution in [2.75, 3.05) is 6.54 Å². The van der Waals surface area contributed by atoms with E-state index in [1.807, 2.05) is 31.2 Å². The average molecular weight is 163 g/mol. The zero-order valence-electron chi connectivity index (χ0n) is 7.21. The fourth-order valence-electron chi connectivity index (χ4n) is 1.09. The van der Waals surface area contributed by atoms with Gasteiger partial charge in [0.05, 0.1) is 0 Å². The van der Waals surface area contributed by atoms with E-state index in [9.17, 15) is 4.79 Å². The molecule has 64 valence electrons. The maximum absolute atomic E-state index is 11.3. The van der Waals surface area contributed by atoms with Crippen LogP contribution in [0.5, 0.6) is 0 Å². The van der Waals surface area contributed by atoms with E-state index in [4.69, 9.17) is 5.73 Å². The monoisotopic (exact) mass is 163 g/mol. The molecule has 0 saturated heterocycles. The molecule has 0 fully saturated rings. The summed E-state index contributed by atoms with van der Waals surface area (Å²) >= 11 is 0. The molecule has 0 amide bonds. The molecule has 0 heterocycles. The third-order valence-corrected chi connectivity index (χ3v) is 1.71. The molecule has 0 aliphatic rings. The molecule has 0 bridgehead atoms. The van der Waals surface area contributed by atoms with Gasteiger partial charge in [-0.1, -0.05) is 23.8 Å². The summed E-state index contributed by atoms with van der Waals surface area (Å²) in [5, 5.41) is 0. The quantitative estimate of drug-likeness (QED) is 0.686. The molecule has 0 aromatic heterocycles. The number of benzene rings is 1. The molecular formula is C10H13NO. The van der Waals surface area contributed by atoms with Gasteiger partial charge in [-0.3, -0.25) is 4.79 Å². The van der Waals surface area contributed by atoms with E-state index in [0.717, 1.165) is 11.1 Å². The lowest BCUT2D eigenvalue weighted by atomic mass is 10.1. The predicted octanol–water partition coefficient (Wildman–Crippen LogP) is 1.53. The maximum Gasteiger partial charge on any atom is 0.164 e. The first kappa shape index (κ1) is 8.94. The van der Waals surface area contributed by atoms with Crippen LogP contribution in [0.2, 0.25) is 0 Å². The van der Waals surface area contributed by atoms with E-state index < -0.39 is 0 Å². The van der Waals surface area contributed by atoms with Gasteiger partial charge >= 0.3 is 0 Å². The van der Waals surface area contributed by atoms with Gasteiger partial charge in [-0.05, 0) is 19.5 Å². The van der Waals surface area contributed by atoms with Gasteiger partial charge in [0.15, 0.2) is 5.78 Å². The van der Waals surface area contributed by atoms with E-state index in [0.29, 0.717) is 13.0 Å². The lowest BCUT2D eigenvalue weighted by Crippen LogP contribution is -2.07. The zero-order chi connectivity index (χ0) is 8.97. The molecule has 0 radical (unpaired) electrons. The number of rotatable bonds is 3. The number of nitrogens with two attached hydrogens (primary N) is 1. The molecule has 1 aromatic rings. The third kappa shape index (κ3) is 2.17. The highest BCUT2D eigenvalue weighted by Crippen LogP contribution is 2.05. The molecule has 2 heteroatoms. The minimum Gasteiger partial charge on any atom is -0.330 e. The van der Waals surface area contributed by atoms with Crippen molar-refractivity contribution in [3.63, 3.8) is 0 Å². The Morgan fingerprint density at radius 3 is 2.83 bits per heavy atom. The third-order valence-electron chi connectivity index (χ3n) is 1.71. The Balaban J connectivity index is 2.81. The van der Waals surface area contributed by atoms with Crippen LogP contribution in [0.15, 0.2) is 24.3 Å². The summed E-state index contributed by atoms with van der Waals surface area (Å²) in [5.74, 6) is 0.126. The van der Waals surface area contributed by atoms with Crippen molar-refractivity contribution in [1.29, 1.82) is 0 Å². The maximum atomic E-state index is 11.3. The Hall–Kier alpha value is -1.15. The van der Waals surface area contributed by atoms with Crippen molar-refractivity contribution >= 4 is 5.78 Å². The van der Waals surface area contributed by atoms with Gasteiger partial charge < -0.3 is 5.73 Å². The number of carbonyl (C=O) groups is 1. The summed E-state index contributed by atoms with van der Waals surface area (Å²) in [6, 6.07) is 7.57. The minimum absolute atomic E-state index is 0.126. The lowest BCUT2D eigenvalue weighted by Gasteiger charge is -1.99. The fourth-order valence-corrected chi connectivity index (χ4v) is 1.09. The van der Waals surface area contributed by atoms with Crippen LogP contribution in [0.1, 0.15) is 22.3 Å². The molecule has 1 rings (SSSR count). The second-order valence-electron chi connectivity index (χ2n) is 2.83. The van der Waals surface area contributed by atoms with Crippen LogP contribution in [0.3, 0.4) is 0 Å². The second kappa shape index (κ2) is 4.02. The molecular weight excluding hydrogens is 150 g/mol.